The van der Waals surface area contributed by atoms with Crippen LogP contribution in [0.4, 0.5) is 0 Å². The van der Waals surface area contributed by atoms with Crippen molar-refractivity contribution in [2.24, 2.45) is 0 Å². The highest BCUT2D eigenvalue weighted by atomic mass is 79.9. The van der Waals surface area contributed by atoms with Gasteiger partial charge in [-0.2, -0.15) is 0 Å². The van der Waals surface area contributed by atoms with Crippen molar-refractivity contribution < 1.29 is 23.1 Å². The molecule has 0 heterocycles. The number of hydrogen-bond acceptors (Lipinski definition) is 5. The first-order valence-electron chi connectivity index (χ1n) is 4.75. The summed E-state index contributed by atoms with van der Waals surface area (Å²) in [7, 11) is -4.07. The van der Waals surface area contributed by atoms with Gasteiger partial charge in [0.15, 0.2) is 6.29 Å². The van der Waals surface area contributed by atoms with Crippen LogP contribution in [0.5, 0.6) is 0 Å². The van der Waals surface area contributed by atoms with E-state index in [2.05, 4.69) is 21.2 Å². The van der Waals surface area contributed by atoms with E-state index in [1.54, 1.807) is 6.07 Å². The predicted molar refractivity (Wildman–Crippen MR) is 67.0 cm³/mol. The van der Waals surface area contributed by atoms with Gasteiger partial charge < -0.3 is 5.11 Å². The fourth-order valence-electron chi connectivity index (χ4n) is 1.17. The Labute approximate surface area is 112 Å². The summed E-state index contributed by atoms with van der Waals surface area (Å²) in [6.45, 7) is -0.671. The normalized spacial score (nSPS) is 14.7. The molecule has 18 heavy (non-hydrogen) atoms. The van der Waals surface area contributed by atoms with E-state index in [4.69, 9.17) is 5.11 Å². The number of benzene rings is 1. The van der Waals surface area contributed by atoms with E-state index in [-0.39, 0.29) is 11.2 Å². The highest BCUT2D eigenvalue weighted by Crippen LogP contribution is 2.27. The summed E-state index contributed by atoms with van der Waals surface area (Å²) in [6, 6.07) is 7.26. The zero-order valence-electron chi connectivity index (χ0n) is 9.04. The first kappa shape index (κ1) is 14.8. The van der Waals surface area contributed by atoms with E-state index in [0.29, 0.717) is 0 Å². The number of aldehydes is 1. The number of carboxylic acid groups (broad SMARTS) is 1. The zero-order chi connectivity index (χ0) is 13.8. The molecule has 0 saturated heterocycles. The molecule has 1 aromatic carbocycles. The molecule has 0 amide bonds. The lowest BCUT2D eigenvalue weighted by Crippen LogP contribution is -2.49. The lowest BCUT2D eigenvalue weighted by atomic mass is 10.4. The Balaban J connectivity index is 3.15. The van der Waals surface area contributed by atoms with Crippen LogP contribution < -0.4 is 5.32 Å². The molecule has 0 fully saturated rings. The fraction of sp³-hybridized carbons (Fsp3) is 0.200. The first-order chi connectivity index (χ1) is 8.33. The second-order valence-corrected chi connectivity index (χ2v) is 7.22. The highest BCUT2D eigenvalue weighted by molar-refractivity contribution is 9.12. The number of halogens is 1. The summed E-state index contributed by atoms with van der Waals surface area (Å²) in [5, 5.41) is 10.7. The molecule has 1 aromatic rings. The van der Waals surface area contributed by atoms with Crippen LogP contribution in [-0.4, -0.2) is 36.1 Å². The van der Waals surface area contributed by atoms with Crippen LogP contribution in [0.1, 0.15) is 0 Å². The van der Waals surface area contributed by atoms with Gasteiger partial charge in [0.05, 0.1) is 11.4 Å². The van der Waals surface area contributed by atoms with Crippen LogP contribution in [0.3, 0.4) is 0 Å². The summed E-state index contributed by atoms with van der Waals surface area (Å²) in [6.07, 6.45) is 0.109. The number of carboxylic acids is 1. The lowest BCUT2D eigenvalue weighted by Gasteiger charge is -2.21. The molecule has 0 aliphatic heterocycles. The molecule has 0 spiro atoms. The summed E-state index contributed by atoms with van der Waals surface area (Å²) in [5.41, 5.74) is 0. The zero-order valence-corrected chi connectivity index (χ0v) is 11.4. The molecular weight excluding hydrogens is 326 g/mol. The Bertz CT molecular complexity index is 545. The number of rotatable bonds is 6. The van der Waals surface area contributed by atoms with E-state index in [0.717, 1.165) is 0 Å². The predicted octanol–water partition coefficient (Wildman–Crippen LogP) is 0.382. The Morgan fingerprint density at radius 3 is 2.39 bits per heavy atom. The molecule has 6 nitrogen and oxygen atoms in total. The van der Waals surface area contributed by atoms with Crippen LogP contribution in [0.2, 0.25) is 0 Å². The Kier molecular flexibility index (Phi) is 4.60. The standard InChI is InChI=1S/C10H10BrNO5S/c11-10(7-13,12-6-9(14)15)18(16,17)8-4-2-1-3-5-8/h1-5,7,12H,6H2,(H,14,15). The van der Waals surface area contributed by atoms with Crippen LogP contribution in [0.25, 0.3) is 0 Å². The van der Waals surface area contributed by atoms with Gasteiger partial charge in [0, 0.05) is 0 Å². The minimum atomic E-state index is -4.07. The van der Waals surface area contributed by atoms with E-state index < -0.39 is 26.1 Å². The quantitative estimate of drug-likeness (QED) is 0.443. The Morgan fingerprint density at radius 1 is 1.39 bits per heavy atom. The number of aliphatic carboxylic acids is 1. The smallest absolute Gasteiger partial charge is 0.317 e. The Hall–Kier alpha value is -1.25. The topological polar surface area (TPSA) is 101 Å². The summed E-state index contributed by atoms with van der Waals surface area (Å²) < 4.78 is 22.2. The monoisotopic (exact) mass is 335 g/mol. The number of hydrogen-bond donors (Lipinski definition) is 2. The van der Waals surface area contributed by atoms with E-state index >= 15 is 0 Å². The number of sulfone groups is 1. The molecule has 1 rings (SSSR count). The molecule has 2 N–H and O–H groups in total. The first-order valence-corrected chi connectivity index (χ1v) is 7.03. The van der Waals surface area contributed by atoms with Crippen molar-refractivity contribution in [1.29, 1.82) is 0 Å². The number of nitrogens with one attached hydrogen (secondary N) is 1. The summed E-state index contributed by atoms with van der Waals surface area (Å²) in [5.74, 6) is -1.27. The Morgan fingerprint density at radius 2 is 1.94 bits per heavy atom. The maximum Gasteiger partial charge on any atom is 0.317 e. The van der Waals surface area contributed by atoms with Gasteiger partial charge in [-0.05, 0) is 28.1 Å². The van der Waals surface area contributed by atoms with Crippen molar-refractivity contribution in [2.75, 3.05) is 6.54 Å². The molecule has 0 radical (unpaired) electrons. The van der Waals surface area contributed by atoms with Gasteiger partial charge in [-0.3, -0.25) is 14.9 Å². The molecule has 1 atom stereocenters. The second-order valence-electron chi connectivity index (χ2n) is 3.33. The van der Waals surface area contributed by atoms with Gasteiger partial charge in [0.2, 0.25) is 13.6 Å². The highest BCUT2D eigenvalue weighted by Gasteiger charge is 2.42. The van der Waals surface area contributed by atoms with Crippen molar-refractivity contribution in [2.45, 2.75) is 8.68 Å². The maximum atomic E-state index is 12.2. The molecule has 0 aromatic heterocycles. The van der Waals surface area contributed by atoms with Gasteiger partial charge in [-0.15, -0.1) is 0 Å². The van der Waals surface area contributed by atoms with Crippen molar-refractivity contribution in [1.82, 2.24) is 5.32 Å². The largest absolute Gasteiger partial charge is 0.480 e. The maximum absolute atomic E-state index is 12.2. The minimum absolute atomic E-state index is 0.0909. The molecule has 98 valence electrons. The fourth-order valence-corrected chi connectivity index (χ4v) is 3.12. The average Bonchev–Trinajstić information content (AvgIpc) is 2.36. The summed E-state index contributed by atoms with van der Waals surface area (Å²) in [4.78, 5) is 21.3. The van der Waals surface area contributed by atoms with Crippen molar-refractivity contribution in [3.05, 3.63) is 30.3 Å². The molecule has 0 saturated carbocycles. The van der Waals surface area contributed by atoms with Gasteiger partial charge in [-0.1, -0.05) is 18.2 Å². The SMILES string of the molecule is O=CC(Br)(NCC(=O)O)S(=O)(=O)c1ccccc1. The molecule has 1 unspecified atom stereocenters. The van der Waals surface area contributed by atoms with Crippen LogP contribution in [0.15, 0.2) is 35.2 Å². The number of carbonyl (C=O) groups is 2. The third-order valence-corrected chi connectivity index (χ3v) is 5.74. The van der Waals surface area contributed by atoms with E-state index in [9.17, 15) is 18.0 Å². The average molecular weight is 336 g/mol. The minimum Gasteiger partial charge on any atom is -0.480 e. The van der Waals surface area contributed by atoms with Crippen molar-refractivity contribution in [3.63, 3.8) is 0 Å². The lowest BCUT2D eigenvalue weighted by molar-refractivity contribution is -0.136. The molecule has 8 heteroatoms. The third kappa shape index (κ3) is 2.95. The van der Waals surface area contributed by atoms with Gasteiger partial charge in [0.1, 0.15) is 0 Å². The molecule has 0 aliphatic carbocycles. The van der Waals surface area contributed by atoms with Crippen molar-refractivity contribution in [3.8, 4) is 0 Å². The third-order valence-electron chi connectivity index (χ3n) is 2.08. The van der Waals surface area contributed by atoms with Crippen molar-refractivity contribution >= 4 is 38.0 Å². The molecule has 0 bridgehead atoms. The summed E-state index contributed by atoms with van der Waals surface area (Å²) >= 11 is 2.74. The van der Waals surface area contributed by atoms with Crippen LogP contribution >= 0.6 is 15.9 Å². The number of alkyl halides is 1. The van der Waals surface area contributed by atoms with Gasteiger partial charge in [-0.25, -0.2) is 8.42 Å². The molecule has 0 aliphatic rings. The van der Waals surface area contributed by atoms with Crippen LogP contribution in [-0.2, 0) is 19.4 Å². The molecular formula is C10H10BrNO5S. The van der Waals surface area contributed by atoms with E-state index in [1.807, 2.05) is 0 Å². The second kappa shape index (κ2) is 5.59. The number of carbonyl (C=O) groups excluding carboxylic acids is 1. The van der Waals surface area contributed by atoms with Crippen LogP contribution in [0, 0.1) is 0 Å². The van der Waals surface area contributed by atoms with E-state index in [1.165, 1.54) is 24.3 Å². The van der Waals surface area contributed by atoms with Gasteiger partial charge >= 0.3 is 5.97 Å². The van der Waals surface area contributed by atoms with Gasteiger partial charge in [0.25, 0.3) is 0 Å².